The number of benzene rings is 1. The van der Waals surface area contributed by atoms with Crippen LogP contribution in [0.1, 0.15) is 50.4 Å². The molecule has 0 aliphatic carbocycles. The van der Waals surface area contributed by atoms with Crippen LogP contribution >= 0.6 is 0 Å². The predicted molar refractivity (Wildman–Crippen MR) is 100 cm³/mol. The minimum absolute atomic E-state index is 0.0491. The van der Waals surface area contributed by atoms with Crippen molar-refractivity contribution in [2.45, 2.75) is 51.7 Å². The molecule has 1 fully saturated rings. The van der Waals surface area contributed by atoms with Gasteiger partial charge in [0.05, 0.1) is 0 Å². The molecule has 2 aliphatic rings. The summed E-state index contributed by atoms with van der Waals surface area (Å²) in [6.45, 7) is 7.53. The van der Waals surface area contributed by atoms with Crippen molar-refractivity contribution in [1.82, 2.24) is 10.2 Å². The predicted octanol–water partition coefficient (Wildman–Crippen LogP) is 2.98. The van der Waals surface area contributed by atoms with Crippen LogP contribution in [0.4, 0.5) is 4.79 Å². The zero-order valence-corrected chi connectivity index (χ0v) is 16.2. The summed E-state index contributed by atoms with van der Waals surface area (Å²) in [7, 11) is 0. The van der Waals surface area contributed by atoms with Crippen molar-refractivity contribution in [3.8, 4) is 11.5 Å². The molecule has 1 N–H and O–H groups in total. The van der Waals surface area contributed by atoms with Gasteiger partial charge in [-0.3, -0.25) is 4.79 Å². The quantitative estimate of drug-likeness (QED) is 0.878. The maximum Gasteiger partial charge on any atom is 0.407 e. The van der Waals surface area contributed by atoms with Gasteiger partial charge in [0, 0.05) is 24.7 Å². The van der Waals surface area contributed by atoms with Crippen molar-refractivity contribution in [3.05, 3.63) is 23.8 Å². The number of hydrogen-bond acceptors (Lipinski definition) is 5. The molecule has 2 amide bonds. The molecule has 0 aromatic heterocycles. The summed E-state index contributed by atoms with van der Waals surface area (Å²) in [5.41, 5.74) is 0.0283. The Kier molecular flexibility index (Phi) is 5.77. The number of carbonyl (C=O) groups is 2. The van der Waals surface area contributed by atoms with E-state index in [-0.39, 0.29) is 11.9 Å². The lowest BCUT2D eigenvalue weighted by Gasteiger charge is -2.36. The van der Waals surface area contributed by atoms with Crippen molar-refractivity contribution < 1.29 is 23.8 Å². The SMILES string of the molecule is CC(C)(C)OC(=O)NCC1CCCCN1C(=O)c1ccc2c(c1)OCCO2. The Morgan fingerprint density at radius 3 is 2.67 bits per heavy atom. The van der Waals surface area contributed by atoms with Crippen molar-refractivity contribution in [1.29, 1.82) is 0 Å². The number of alkyl carbamates (subject to hydrolysis) is 1. The Bertz CT molecular complexity index is 698. The van der Waals surface area contributed by atoms with E-state index in [1.54, 1.807) is 18.2 Å². The first-order valence-corrected chi connectivity index (χ1v) is 9.51. The van der Waals surface area contributed by atoms with Gasteiger partial charge in [0.15, 0.2) is 11.5 Å². The van der Waals surface area contributed by atoms with Gasteiger partial charge in [-0.15, -0.1) is 0 Å². The van der Waals surface area contributed by atoms with Crippen LogP contribution in [0.5, 0.6) is 11.5 Å². The maximum absolute atomic E-state index is 13.1. The third-order valence-corrected chi connectivity index (χ3v) is 4.56. The highest BCUT2D eigenvalue weighted by molar-refractivity contribution is 5.95. The normalized spacial score (nSPS) is 19.4. The third kappa shape index (κ3) is 5.05. The lowest BCUT2D eigenvalue weighted by atomic mass is 10.0. The highest BCUT2D eigenvalue weighted by Crippen LogP contribution is 2.31. The Labute approximate surface area is 160 Å². The van der Waals surface area contributed by atoms with Crippen molar-refractivity contribution in [3.63, 3.8) is 0 Å². The third-order valence-electron chi connectivity index (χ3n) is 4.56. The Balaban J connectivity index is 1.66. The van der Waals surface area contributed by atoms with E-state index in [1.165, 1.54) is 0 Å². The van der Waals surface area contributed by atoms with Gasteiger partial charge in [-0.25, -0.2) is 4.79 Å². The molecule has 7 nitrogen and oxygen atoms in total. The number of hydrogen-bond donors (Lipinski definition) is 1. The van der Waals surface area contributed by atoms with E-state index in [1.807, 2.05) is 25.7 Å². The highest BCUT2D eigenvalue weighted by Gasteiger charge is 2.29. The molecule has 2 heterocycles. The first kappa shape index (κ1) is 19.3. The molecule has 0 radical (unpaired) electrons. The van der Waals surface area contributed by atoms with Crippen LogP contribution in [0, 0.1) is 0 Å². The molecule has 3 rings (SSSR count). The Hall–Kier alpha value is -2.44. The van der Waals surface area contributed by atoms with Gasteiger partial charge >= 0.3 is 6.09 Å². The van der Waals surface area contributed by atoms with E-state index in [2.05, 4.69) is 5.32 Å². The minimum atomic E-state index is -0.544. The van der Waals surface area contributed by atoms with Gasteiger partial charge in [-0.2, -0.15) is 0 Å². The number of amides is 2. The number of fused-ring (bicyclic) bond motifs is 1. The van der Waals surface area contributed by atoms with Crippen LogP contribution in [0.15, 0.2) is 18.2 Å². The summed E-state index contributed by atoms with van der Waals surface area (Å²) < 4.78 is 16.4. The zero-order chi connectivity index (χ0) is 19.4. The number of nitrogens with one attached hydrogen (secondary N) is 1. The molecule has 1 aromatic carbocycles. The minimum Gasteiger partial charge on any atom is -0.486 e. The van der Waals surface area contributed by atoms with Crippen LogP contribution in [0.25, 0.3) is 0 Å². The number of ether oxygens (including phenoxy) is 3. The molecule has 1 atom stereocenters. The van der Waals surface area contributed by atoms with E-state index in [4.69, 9.17) is 14.2 Å². The molecule has 0 bridgehead atoms. The molecule has 0 spiro atoms. The summed E-state index contributed by atoms with van der Waals surface area (Å²) in [5.74, 6) is 1.22. The summed E-state index contributed by atoms with van der Waals surface area (Å²) >= 11 is 0. The summed E-state index contributed by atoms with van der Waals surface area (Å²) in [6, 6.07) is 5.23. The largest absolute Gasteiger partial charge is 0.486 e. The van der Waals surface area contributed by atoms with Gasteiger partial charge in [-0.05, 0) is 58.2 Å². The monoisotopic (exact) mass is 376 g/mol. The molecular weight excluding hydrogens is 348 g/mol. The van der Waals surface area contributed by atoms with Crippen LogP contribution in [0.2, 0.25) is 0 Å². The van der Waals surface area contributed by atoms with Crippen LogP contribution in [0.3, 0.4) is 0 Å². The molecule has 1 unspecified atom stereocenters. The lowest BCUT2D eigenvalue weighted by Crippen LogP contribution is -2.50. The van der Waals surface area contributed by atoms with Crippen LogP contribution in [-0.4, -0.2) is 54.8 Å². The van der Waals surface area contributed by atoms with Crippen molar-refractivity contribution in [2.75, 3.05) is 26.3 Å². The number of nitrogens with zero attached hydrogens (tertiary/aromatic N) is 1. The average Bonchev–Trinajstić information content (AvgIpc) is 2.64. The van der Waals surface area contributed by atoms with Gasteiger partial charge in [0.2, 0.25) is 0 Å². The van der Waals surface area contributed by atoms with E-state index < -0.39 is 11.7 Å². The average molecular weight is 376 g/mol. The van der Waals surface area contributed by atoms with E-state index in [0.717, 1.165) is 19.3 Å². The second kappa shape index (κ2) is 8.06. The molecule has 148 valence electrons. The standard InChI is InChI=1S/C20H28N2O5/c1-20(2,3)27-19(24)21-13-15-6-4-5-9-22(15)18(23)14-7-8-16-17(12-14)26-11-10-25-16/h7-8,12,15H,4-6,9-11,13H2,1-3H3,(H,21,24). The molecule has 1 saturated heterocycles. The Morgan fingerprint density at radius 1 is 1.19 bits per heavy atom. The summed E-state index contributed by atoms with van der Waals surface area (Å²) in [6.07, 6.45) is 2.39. The molecule has 0 saturated carbocycles. The number of likely N-dealkylation sites (tertiary alicyclic amines) is 1. The van der Waals surface area contributed by atoms with Gasteiger partial charge in [0.1, 0.15) is 18.8 Å². The fourth-order valence-electron chi connectivity index (χ4n) is 3.34. The van der Waals surface area contributed by atoms with E-state index in [9.17, 15) is 9.59 Å². The van der Waals surface area contributed by atoms with Gasteiger partial charge < -0.3 is 24.4 Å². The number of carbonyl (C=O) groups excluding carboxylic acids is 2. The molecule has 27 heavy (non-hydrogen) atoms. The first-order valence-electron chi connectivity index (χ1n) is 9.51. The maximum atomic E-state index is 13.1. The number of rotatable bonds is 3. The van der Waals surface area contributed by atoms with Crippen LogP contribution < -0.4 is 14.8 Å². The summed E-state index contributed by atoms with van der Waals surface area (Å²) in [4.78, 5) is 26.8. The second-order valence-electron chi connectivity index (χ2n) is 7.89. The molecule has 2 aliphatic heterocycles. The molecular formula is C20H28N2O5. The first-order chi connectivity index (χ1) is 12.8. The van der Waals surface area contributed by atoms with E-state index >= 15 is 0 Å². The topological polar surface area (TPSA) is 77.1 Å². The fourth-order valence-corrected chi connectivity index (χ4v) is 3.34. The smallest absolute Gasteiger partial charge is 0.407 e. The molecule has 7 heteroatoms. The zero-order valence-electron chi connectivity index (χ0n) is 16.2. The van der Waals surface area contributed by atoms with Crippen molar-refractivity contribution >= 4 is 12.0 Å². The van der Waals surface area contributed by atoms with Crippen LogP contribution in [-0.2, 0) is 4.74 Å². The number of piperidine rings is 1. The highest BCUT2D eigenvalue weighted by atomic mass is 16.6. The van der Waals surface area contributed by atoms with Gasteiger partial charge in [0.25, 0.3) is 5.91 Å². The second-order valence-corrected chi connectivity index (χ2v) is 7.89. The van der Waals surface area contributed by atoms with Gasteiger partial charge in [-0.1, -0.05) is 0 Å². The Morgan fingerprint density at radius 2 is 1.93 bits per heavy atom. The fraction of sp³-hybridized carbons (Fsp3) is 0.600. The van der Waals surface area contributed by atoms with E-state index in [0.29, 0.717) is 43.4 Å². The molecule has 1 aromatic rings. The van der Waals surface area contributed by atoms with Crippen molar-refractivity contribution in [2.24, 2.45) is 0 Å². The summed E-state index contributed by atoms with van der Waals surface area (Å²) in [5, 5.41) is 2.80. The lowest BCUT2D eigenvalue weighted by molar-refractivity contribution is 0.0462.